The van der Waals surface area contributed by atoms with Crippen LogP contribution in [-0.2, 0) is 9.53 Å². The summed E-state index contributed by atoms with van der Waals surface area (Å²) in [5, 5.41) is 0. The molecule has 0 unspecified atom stereocenters. The summed E-state index contributed by atoms with van der Waals surface area (Å²) in [6.07, 6.45) is 3.13. The van der Waals surface area contributed by atoms with E-state index in [1.165, 1.54) is 0 Å². The van der Waals surface area contributed by atoms with Crippen LogP contribution in [0.2, 0.25) is 0 Å². The van der Waals surface area contributed by atoms with Crippen molar-refractivity contribution in [2.75, 3.05) is 13.7 Å². The highest BCUT2D eigenvalue weighted by Crippen LogP contribution is 2.49. The summed E-state index contributed by atoms with van der Waals surface area (Å²) in [6, 6.07) is 0. The zero-order chi connectivity index (χ0) is 7.61. The maximum Gasteiger partial charge on any atom is 0.164 e. The van der Waals surface area contributed by atoms with Gasteiger partial charge in [0.2, 0.25) is 0 Å². The molecule has 0 bridgehead atoms. The van der Waals surface area contributed by atoms with Gasteiger partial charge in [0.25, 0.3) is 0 Å². The van der Waals surface area contributed by atoms with Gasteiger partial charge in [-0.1, -0.05) is 6.92 Å². The molecule has 1 rings (SSSR count). The molecule has 0 heterocycles. The number of carbonyl (C=O) groups excluding carboxylic acids is 1. The number of hydrogen-bond donors (Lipinski definition) is 0. The zero-order valence-corrected chi connectivity index (χ0v) is 6.64. The van der Waals surface area contributed by atoms with Gasteiger partial charge in [0.15, 0.2) is 5.78 Å². The van der Waals surface area contributed by atoms with Gasteiger partial charge < -0.3 is 4.74 Å². The van der Waals surface area contributed by atoms with Crippen LogP contribution in [-0.4, -0.2) is 19.5 Å². The van der Waals surface area contributed by atoms with Crippen molar-refractivity contribution in [1.82, 2.24) is 0 Å². The predicted octanol–water partition coefficient (Wildman–Crippen LogP) is 1.39. The SMILES string of the molecule is CCC1(C(=O)COC)CC1. The van der Waals surface area contributed by atoms with Crippen LogP contribution in [0.4, 0.5) is 0 Å². The Morgan fingerprint density at radius 1 is 1.60 bits per heavy atom. The fourth-order valence-corrected chi connectivity index (χ4v) is 1.26. The quantitative estimate of drug-likeness (QED) is 0.593. The molecule has 10 heavy (non-hydrogen) atoms. The van der Waals surface area contributed by atoms with Crippen LogP contribution in [0.15, 0.2) is 0 Å². The molecule has 0 aromatic heterocycles. The highest BCUT2D eigenvalue weighted by atomic mass is 16.5. The third-order valence-corrected chi connectivity index (χ3v) is 2.40. The van der Waals surface area contributed by atoms with Crippen molar-refractivity contribution >= 4 is 5.78 Å². The first-order chi connectivity index (χ1) is 4.75. The smallest absolute Gasteiger partial charge is 0.164 e. The van der Waals surface area contributed by atoms with E-state index >= 15 is 0 Å². The van der Waals surface area contributed by atoms with Crippen LogP contribution in [0.1, 0.15) is 26.2 Å². The molecule has 58 valence electrons. The number of carbonyl (C=O) groups is 1. The van der Waals surface area contributed by atoms with E-state index in [0.29, 0.717) is 6.61 Å². The molecular weight excluding hydrogens is 128 g/mol. The Bertz CT molecular complexity index is 136. The molecule has 1 fully saturated rings. The first kappa shape index (κ1) is 7.73. The van der Waals surface area contributed by atoms with Gasteiger partial charge in [-0.3, -0.25) is 4.79 Å². The summed E-state index contributed by atoms with van der Waals surface area (Å²) in [4.78, 5) is 11.2. The van der Waals surface area contributed by atoms with Crippen LogP contribution in [0.25, 0.3) is 0 Å². The molecular formula is C8H14O2. The Labute approximate surface area is 61.6 Å². The normalized spacial score (nSPS) is 20.6. The van der Waals surface area contributed by atoms with E-state index in [9.17, 15) is 4.79 Å². The Balaban J connectivity index is 2.40. The van der Waals surface area contributed by atoms with Gasteiger partial charge in [-0.15, -0.1) is 0 Å². The Kier molecular flexibility index (Phi) is 2.09. The summed E-state index contributed by atoms with van der Waals surface area (Å²) < 4.78 is 4.78. The first-order valence-electron chi connectivity index (χ1n) is 3.77. The third kappa shape index (κ3) is 1.21. The van der Waals surface area contributed by atoms with E-state index in [1.807, 2.05) is 0 Å². The topological polar surface area (TPSA) is 26.3 Å². The molecule has 2 nitrogen and oxygen atoms in total. The Hall–Kier alpha value is -0.370. The summed E-state index contributed by atoms with van der Waals surface area (Å²) in [5.74, 6) is 0.289. The lowest BCUT2D eigenvalue weighted by Gasteiger charge is -2.08. The second kappa shape index (κ2) is 2.70. The Morgan fingerprint density at radius 3 is 2.50 bits per heavy atom. The maximum absolute atomic E-state index is 11.2. The van der Waals surface area contributed by atoms with Gasteiger partial charge in [0.05, 0.1) is 0 Å². The van der Waals surface area contributed by atoms with E-state index in [-0.39, 0.29) is 11.2 Å². The van der Waals surface area contributed by atoms with Gasteiger partial charge in [-0.2, -0.15) is 0 Å². The molecule has 0 radical (unpaired) electrons. The van der Waals surface area contributed by atoms with Crippen molar-refractivity contribution in [1.29, 1.82) is 0 Å². The van der Waals surface area contributed by atoms with E-state index in [1.54, 1.807) is 7.11 Å². The van der Waals surface area contributed by atoms with E-state index in [2.05, 4.69) is 6.92 Å². The average Bonchev–Trinajstić information content (AvgIpc) is 2.68. The number of rotatable bonds is 4. The molecule has 0 aliphatic heterocycles. The van der Waals surface area contributed by atoms with Crippen molar-refractivity contribution in [3.63, 3.8) is 0 Å². The van der Waals surface area contributed by atoms with Crippen molar-refractivity contribution < 1.29 is 9.53 Å². The van der Waals surface area contributed by atoms with Gasteiger partial charge in [-0.05, 0) is 19.3 Å². The lowest BCUT2D eigenvalue weighted by atomic mass is 9.99. The molecule has 0 saturated heterocycles. The molecule has 1 aliphatic rings. The Morgan fingerprint density at radius 2 is 2.20 bits per heavy atom. The first-order valence-corrected chi connectivity index (χ1v) is 3.77. The van der Waals surface area contributed by atoms with Crippen molar-refractivity contribution in [2.45, 2.75) is 26.2 Å². The largest absolute Gasteiger partial charge is 0.377 e. The minimum atomic E-state index is 0.0377. The molecule has 1 saturated carbocycles. The maximum atomic E-state index is 11.2. The number of Topliss-reactive ketones (excluding diaryl/α,β-unsaturated/α-hetero) is 1. The molecule has 0 atom stereocenters. The number of ketones is 1. The van der Waals surface area contributed by atoms with Crippen LogP contribution in [0.5, 0.6) is 0 Å². The third-order valence-electron chi connectivity index (χ3n) is 2.40. The summed E-state index contributed by atoms with van der Waals surface area (Å²) in [6.45, 7) is 2.37. The van der Waals surface area contributed by atoms with Crippen LogP contribution < -0.4 is 0 Å². The fourth-order valence-electron chi connectivity index (χ4n) is 1.26. The van der Waals surface area contributed by atoms with Crippen LogP contribution in [0, 0.1) is 5.41 Å². The fraction of sp³-hybridized carbons (Fsp3) is 0.875. The molecule has 0 aromatic carbocycles. The minimum absolute atomic E-state index is 0.0377. The summed E-state index contributed by atoms with van der Waals surface area (Å²) in [7, 11) is 1.57. The minimum Gasteiger partial charge on any atom is -0.377 e. The highest BCUT2D eigenvalue weighted by Gasteiger charge is 2.47. The number of ether oxygens (including phenoxy) is 1. The van der Waals surface area contributed by atoms with Crippen molar-refractivity contribution in [3.8, 4) is 0 Å². The average molecular weight is 142 g/mol. The second-order valence-corrected chi connectivity index (χ2v) is 2.99. The zero-order valence-electron chi connectivity index (χ0n) is 6.64. The molecule has 1 aliphatic carbocycles. The second-order valence-electron chi connectivity index (χ2n) is 2.99. The van der Waals surface area contributed by atoms with E-state index in [0.717, 1.165) is 19.3 Å². The standard InChI is InChI=1S/C8H14O2/c1-3-8(4-5-8)7(9)6-10-2/h3-6H2,1-2H3. The number of hydrogen-bond acceptors (Lipinski definition) is 2. The van der Waals surface area contributed by atoms with Gasteiger partial charge in [0.1, 0.15) is 6.61 Å². The molecule has 0 N–H and O–H groups in total. The number of methoxy groups -OCH3 is 1. The van der Waals surface area contributed by atoms with Crippen LogP contribution >= 0.6 is 0 Å². The summed E-state index contributed by atoms with van der Waals surface area (Å²) in [5.41, 5.74) is 0.0377. The van der Waals surface area contributed by atoms with Crippen molar-refractivity contribution in [2.24, 2.45) is 5.41 Å². The van der Waals surface area contributed by atoms with Crippen molar-refractivity contribution in [3.05, 3.63) is 0 Å². The highest BCUT2D eigenvalue weighted by molar-refractivity contribution is 5.88. The molecule has 0 spiro atoms. The lowest BCUT2D eigenvalue weighted by molar-refractivity contribution is -0.128. The summed E-state index contributed by atoms with van der Waals surface area (Å²) >= 11 is 0. The van der Waals surface area contributed by atoms with Gasteiger partial charge in [0, 0.05) is 12.5 Å². The molecule has 2 heteroatoms. The van der Waals surface area contributed by atoms with E-state index < -0.39 is 0 Å². The predicted molar refractivity (Wildman–Crippen MR) is 38.8 cm³/mol. The van der Waals surface area contributed by atoms with Crippen LogP contribution in [0.3, 0.4) is 0 Å². The molecule has 0 amide bonds. The molecule has 0 aromatic rings. The lowest BCUT2D eigenvalue weighted by Crippen LogP contribution is -2.19. The monoisotopic (exact) mass is 142 g/mol. The van der Waals surface area contributed by atoms with Gasteiger partial charge >= 0.3 is 0 Å². The van der Waals surface area contributed by atoms with Gasteiger partial charge in [-0.25, -0.2) is 0 Å². The van der Waals surface area contributed by atoms with E-state index in [4.69, 9.17) is 4.74 Å².